The molecule has 3 heterocycles. The molecule has 8 nitrogen and oxygen atoms in total. The van der Waals surface area contributed by atoms with E-state index in [4.69, 9.17) is 19.9 Å². The number of rotatable bonds is 4. The number of H-pyrrole nitrogens is 1. The molecule has 2 saturated heterocycles. The molecule has 2 fully saturated rings. The first-order valence-electron chi connectivity index (χ1n) is 11.7. The summed E-state index contributed by atoms with van der Waals surface area (Å²) in [5.74, 6) is -1.06. The Morgan fingerprint density at radius 3 is 2.33 bits per heavy atom. The third kappa shape index (κ3) is 3.59. The second-order valence-corrected chi connectivity index (χ2v) is 9.14. The first kappa shape index (κ1) is 22.5. The van der Waals surface area contributed by atoms with Crippen LogP contribution in [0.5, 0.6) is 5.75 Å². The van der Waals surface area contributed by atoms with Crippen LogP contribution in [0.1, 0.15) is 20.7 Å². The number of methoxy groups -OCH3 is 1. The number of primary amides is 1. The number of hydrogen-bond donors (Lipinski definition) is 2. The van der Waals surface area contributed by atoms with Gasteiger partial charge < -0.3 is 29.8 Å². The van der Waals surface area contributed by atoms with Crippen molar-refractivity contribution in [3.8, 4) is 16.9 Å². The first-order chi connectivity index (χ1) is 17.4. The van der Waals surface area contributed by atoms with Gasteiger partial charge in [0.05, 0.1) is 56.7 Å². The van der Waals surface area contributed by atoms with E-state index in [0.29, 0.717) is 54.2 Å². The molecule has 0 saturated carbocycles. The van der Waals surface area contributed by atoms with E-state index in [2.05, 4.69) is 4.98 Å². The number of hydrogen-bond acceptors (Lipinski definition) is 5. The molecular formula is C27H24FN3O5. The number of fused-ring (bicyclic) bond motifs is 5. The fourth-order valence-electron chi connectivity index (χ4n) is 5.22. The Balaban J connectivity index is 1.45. The molecule has 9 heteroatoms. The SMILES string of the molecule is COc1ccc(-c2cc(C(N)=O)c3[nH]c4cc(C(=O)N5C6COCC5COC6)ccc4c3c2)cc1F. The monoisotopic (exact) mass is 489 g/mol. The molecular weight excluding hydrogens is 465 g/mol. The molecule has 0 aliphatic carbocycles. The molecule has 0 unspecified atom stereocenters. The molecule has 2 aliphatic rings. The molecule has 36 heavy (non-hydrogen) atoms. The number of aromatic nitrogens is 1. The van der Waals surface area contributed by atoms with Crippen LogP contribution in [0.2, 0.25) is 0 Å². The van der Waals surface area contributed by atoms with Crippen molar-refractivity contribution in [3.05, 3.63) is 65.5 Å². The Hall–Kier alpha value is -3.95. The van der Waals surface area contributed by atoms with Gasteiger partial charge in [0.2, 0.25) is 0 Å². The summed E-state index contributed by atoms with van der Waals surface area (Å²) in [5.41, 5.74) is 9.02. The smallest absolute Gasteiger partial charge is 0.254 e. The summed E-state index contributed by atoms with van der Waals surface area (Å²) < 4.78 is 30.6. The predicted octanol–water partition coefficient (Wildman–Crippen LogP) is 3.47. The number of ether oxygens (including phenoxy) is 3. The van der Waals surface area contributed by atoms with E-state index in [1.807, 2.05) is 17.0 Å². The summed E-state index contributed by atoms with van der Waals surface area (Å²) in [7, 11) is 1.40. The highest BCUT2D eigenvalue weighted by Gasteiger charge is 2.39. The number of benzene rings is 3. The maximum absolute atomic E-state index is 14.4. The third-order valence-corrected chi connectivity index (χ3v) is 6.97. The van der Waals surface area contributed by atoms with E-state index in [1.54, 1.807) is 24.3 Å². The Morgan fingerprint density at radius 1 is 0.972 bits per heavy atom. The Morgan fingerprint density at radius 2 is 1.69 bits per heavy atom. The van der Waals surface area contributed by atoms with E-state index >= 15 is 0 Å². The van der Waals surface area contributed by atoms with Crippen molar-refractivity contribution in [1.82, 2.24) is 9.88 Å². The zero-order valence-corrected chi connectivity index (χ0v) is 19.5. The molecule has 0 radical (unpaired) electrons. The van der Waals surface area contributed by atoms with E-state index < -0.39 is 11.7 Å². The van der Waals surface area contributed by atoms with Crippen molar-refractivity contribution in [2.24, 2.45) is 5.73 Å². The van der Waals surface area contributed by atoms with Crippen molar-refractivity contribution in [1.29, 1.82) is 0 Å². The highest BCUT2D eigenvalue weighted by Crippen LogP contribution is 2.35. The number of morpholine rings is 2. The van der Waals surface area contributed by atoms with Crippen molar-refractivity contribution in [3.63, 3.8) is 0 Å². The predicted molar refractivity (Wildman–Crippen MR) is 132 cm³/mol. The third-order valence-electron chi connectivity index (χ3n) is 6.97. The topological polar surface area (TPSA) is 107 Å². The molecule has 2 amide bonds. The summed E-state index contributed by atoms with van der Waals surface area (Å²) in [5, 5.41) is 1.58. The number of halogens is 1. The van der Waals surface area contributed by atoms with Crippen LogP contribution in [0.25, 0.3) is 32.9 Å². The van der Waals surface area contributed by atoms with Crippen molar-refractivity contribution < 1.29 is 28.2 Å². The minimum atomic E-state index is -0.611. The van der Waals surface area contributed by atoms with Crippen LogP contribution in [-0.2, 0) is 9.47 Å². The van der Waals surface area contributed by atoms with Gasteiger partial charge in [-0.3, -0.25) is 9.59 Å². The number of carbonyl (C=O) groups excluding carboxylic acids is 2. The summed E-state index contributed by atoms with van der Waals surface area (Å²) in [6.07, 6.45) is 0. The lowest BCUT2D eigenvalue weighted by Crippen LogP contribution is -2.61. The van der Waals surface area contributed by atoms with Crippen LogP contribution in [-0.4, -0.2) is 67.3 Å². The first-order valence-corrected chi connectivity index (χ1v) is 11.7. The van der Waals surface area contributed by atoms with Crippen molar-refractivity contribution in [2.75, 3.05) is 33.5 Å². The van der Waals surface area contributed by atoms with Gasteiger partial charge in [0.15, 0.2) is 11.6 Å². The molecule has 3 N–H and O–H groups in total. The molecule has 4 aromatic rings. The lowest BCUT2D eigenvalue weighted by molar-refractivity contribution is -0.119. The van der Waals surface area contributed by atoms with Crippen LogP contribution < -0.4 is 10.5 Å². The van der Waals surface area contributed by atoms with Crippen LogP contribution in [0.3, 0.4) is 0 Å². The second kappa shape index (κ2) is 8.61. The number of nitrogens with zero attached hydrogens (tertiary/aromatic N) is 1. The zero-order chi connectivity index (χ0) is 25.0. The van der Waals surface area contributed by atoms with Crippen LogP contribution in [0, 0.1) is 5.82 Å². The summed E-state index contributed by atoms with van der Waals surface area (Å²) in [6, 6.07) is 13.4. The van der Waals surface area contributed by atoms with Gasteiger partial charge in [0.25, 0.3) is 11.8 Å². The second-order valence-electron chi connectivity index (χ2n) is 9.14. The fourth-order valence-corrected chi connectivity index (χ4v) is 5.22. The van der Waals surface area contributed by atoms with Gasteiger partial charge in [-0.05, 0) is 47.5 Å². The lowest BCUT2D eigenvalue weighted by atomic mass is 9.98. The van der Waals surface area contributed by atoms with E-state index in [1.165, 1.54) is 19.2 Å². The minimum absolute atomic E-state index is 0.0818. The van der Waals surface area contributed by atoms with Gasteiger partial charge in [-0.2, -0.15) is 0 Å². The quantitative estimate of drug-likeness (QED) is 0.457. The van der Waals surface area contributed by atoms with Crippen molar-refractivity contribution >= 4 is 33.6 Å². The molecule has 2 bridgehead atoms. The Bertz CT molecular complexity index is 1510. The number of nitrogens with one attached hydrogen (secondary N) is 1. The number of nitrogens with two attached hydrogens (primary N) is 1. The molecule has 184 valence electrons. The van der Waals surface area contributed by atoms with Gasteiger partial charge in [0, 0.05) is 21.9 Å². The molecule has 0 atom stereocenters. The highest BCUT2D eigenvalue weighted by molar-refractivity contribution is 6.17. The van der Waals surface area contributed by atoms with Gasteiger partial charge in [-0.15, -0.1) is 0 Å². The van der Waals surface area contributed by atoms with Gasteiger partial charge in [0.1, 0.15) is 0 Å². The van der Waals surface area contributed by atoms with E-state index in [-0.39, 0.29) is 29.3 Å². The molecule has 1 aromatic heterocycles. The minimum Gasteiger partial charge on any atom is -0.494 e. The Labute approximate surface area is 205 Å². The summed E-state index contributed by atoms with van der Waals surface area (Å²) in [4.78, 5) is 30.9. The largest absolute Gasteiger partial charge is 0.494 e. The van der Waals surface area contributed by atoms with Crippen LogP contribution in [0.4, 0.5) is 4.39 Å². The number of aromatic amines is 1. The normalized spacial score (nSPS) is 19.6. The van der Waals surface area contributed by atoms with E-state index in [0.717, 1.165) is 10.8 Å². The highest BCUT2D eigenvalue weighted by atomic mass is 19.1. The Kier molecular flexibility index (Phi) is 5.39. The summed E-state index contributed by atoms with van der Waals surface area (Å²) >= 11 is 0. The number of amides is 2. The van der Waals surface area contributed by atoms with Crippen molar-refractivity contribution in [2.45, 2.75) is 12.1 Å². The number of carbonyl (C=O) groups is 2. The summed E-state index contributed by atoms with van der Waals surface area (Å²) in [6.45, 7) is 1.81. The fraction of sp³-hybridized carbons (Fsp3) is 0.259. The maximum Gasteiger partial charge on any atom is 0.254 e. The lowest BCUT2D eigenvalue weighted by Gasteiger charge is -2.45. The van der Waals surface area contributed by atoms with Crippen LogP contribution >= 0.6 is 0 Å². The molecule has 6 rings (SSSR count). The van der Waals surface area contributed by atoms with Gasteiger partial charge >= 0.3 is 0 Å². The standard InChI is InChI=1S/C27H24FN3O5/c1-34-24-5-3-14(8-22(24)28)16-6-20-19-4-2-15(9-23(19)30-25(20)21(7-16)26(29)32)27(33)31-17-10-35-12-18(31)13-36-11-17/h2-9,17-18,30H,10-13H2,1H3,(H2,29,32). The zero-order valence-electron chi connectivity index (χ0n) is 19.5. The van der Waals surface area contributed by atoms with Gasteiger partial charge in [-0.25, -0.2) is 4.39 Å². The van der Waals surface area contributed by atoms with Gasteiger partial charge in [-0.1, -0.05) is 12.1 Å². The maximum atomic E-state index is 14.4. The van der Waals surface area contributed by atoms with Crippen LogP contribution in [0.15, 0.2) is 48.5 Å². The molecule has 0 spiro atoms. The average molecular weight is 490 g/mol. The average Bonchev–Trinajstić information content (AvgIpc) is 3.24. The van der Waals surface area contributed by atoms with E-state index in [9.17, 15) is 14.0 Å². The molecule has 3 aromatic carbocycles. The molecule has 2 aliphatic heterocycles.